The number of aldehydes is 1. The predicted octanol–water partition coefficient (Wildman–Crippen LogP) is 1.45. The lowest BCUT2D eigenvalue weighted by molar-refractivity contribution is -0.111. The summed E-state index contributed by atoms with van der Waals surface area (Å²) in [7, 11) is 2.20. The van der Waals surface area contributed by atoms with Crippen LogP contribution in [0.3, 0.4) is 0 Å². The second-order valence-corrected chi connectivity index (χ2v) is 3.49. The van der Waals surface area contributed by atoms with Gasteiger partial charge in [-0.05, 0) is 38.9 Å². The van der Waals surface area contributed by atoms with Crippen LogP contribution in [-0.4, -0.2) is 37.9 Å². The third-order valence-corrected chi connectivity index (χ3v) is 2.17. The van der Waals surface area contributed by atoms with Crippen LogP contribution < -0.4 is 5.90 Å². The van der Waals surface area contributed by atoms with Crippen molar-refractivity contribution in [2.45, 2.75) is 33.6 Å². The van der Waals surface area contributed by atoms with Crippen molar-refractivity contribution in [2.24, 2.45) is 11.8 Å². The van der Waals surface area contributed by atoms with E-state index in [-0.39, 0.29) is 6.61 Å². The van der Waals surface area contributed by atoms with Crippen LogP contribution in [0.2, 0.25) is 0 Å². The van der Waals surface area contributed by atoms with Crippen molar-refractivity contribution >= 4 is 6.29 Å². The van der Waals surface area contributed by atoms with Crippen LogP contribution in [0.15, 0.2) is 0 Å². The summed E-state index contributed by atoms with van der Waals surface area (Å²) >= 11 is 0. The molecule has 4 heteroatoms. The van der Waals surface area contributed by atoms with Gasteiger partial charge in [0.1, 0.15) is 12.9 Å². The Balaban J connectivity index is 0. The van der Waals surface area contributed by atoms with Gasteiger partial charge in [0.2, 0.25) is 0 Å². The zero-order valence-corrected chi connectivity index (χ0v) is 10.5. The fourth-order valence-electron chi connectivity index (χ4n) is 1.18. The fraction of sp³-hybridized carbons (Fsp3) is 0.909. The van der Waals surface area contributed by atoms with Crippen LogP contribution in [-0.2, 0) is 9.63 Å². The van der Waals surface area contributed by atoms with E-state index in [0.29, 0.717) is 6.29 Å². The van der Waals surface area contributed by atoms with E-state index in [0.717, 1.165) is 5.92 Å². The highest BCUT2D eigenvalue weighted by Crippen LogP contribution is 2.13. The van der Waals surface area contributed by atoms with Gasteiger partial charge in [0.15, 0.2) is 0 Å². The van der Waals surface area contributed by atoms with Crippen molar-refractivity contribution in [2.75, 3.05) is 26.7 Å². The van der Waals surface area contributed by atoms with Crippen molar-refractivity contribution in [1.82, 2.24) is 4.90 Å². The van der Waals surface area contributed by atoms with E-state index >= 15 is 0 Å². The second-order valence-electron chi connectivity index (χ2n) is 3.49. The second kappa shape index (κ2) is 13.5. The van der Waals surface area contributed by atoms with Crippen LogP contribution in [0.25, 0.3) is 0 Å². The van der Waals surface area contributed by atoms with Gasteiger partial charge in [-0.15, -0.1) is 0 Å². The van der Waals surface area contributed by atoms with Gasteiger partial charge in [-0.2, -0.15) is 0 Å². The zero-order chi connectivity index (χ0) is 12.1. The van der Waals surface area contributed by atoms with Gasteiger partial charge in [-0.25, -0.2) is 5.90 Å². The van der Waals surface area contributed by atoms with E-state index in [1.807, 2.05) is 13.8 Å². The lowest BCUT2D eigenvalue weighted by atomic mass is 10.00. The molecule has 0 aromatic heterocycles. The summed E-state index contributed by atoms with van der Waals surface area (Å²) in [6.07, 6.45) is 3.38. The first kappa shape index (κ1) is 17.0. The monoisotopic (exact) mass is 218 g/mol. The van der Waals surface area contributed by atoms with Crippen molar-refractivity contribution in [1.29, 1.82) is 0 Å². The molecular formula is C11H26N2O2. The van der Waals surface area contributed by atoms with E-state index in [1.165, 1.54) is 25.9 Å². The number of nitrogens with zero attached hydrogens (tertiary/aromatic N) is 1. The molecule has 0 spiro atoms. The minimum atomic E-state index is -0.0139. The van der Waals surface area contributed by atoms with E-state index in [9.17, 15) is 4.79 Å². The molecule has 0 saturated carbocycles. The van der Waals surface area contributed by atoms with E-state index in [1.54, 1.807) is 0 Å². The Morgan fingerprint density at radius 3 is 2.07 bits per heavy atom. The summed E-state index contributed by atoms with van der Waals surface area (Å²) < 4.78 is 0. The van der Waals surface area contributed by atoms with Crippen molar-refractivity contribution in [3.63, 3.8) is 0 Å². The number of carbonyl (C=O) groups excluding carboxylic acids is 1. The Labute approximate surface area is 93.7 Å². The molecule has 0 radical (unpaired) electrons. The molecule has 1 heterocycles. The quantitative estimate of drug-likeness (QED) is 0.563. The number of nitrogens with two attached hydrogens (primary N) is 1. The van der Waals surface area contributed by atoms with E-state index in [4.69, 9.17) is 0 Å². The highest BCUT2D eigenvalue weighted by atomic mass is 16.6. The summed E-state index contributed by atoms with van der Waals surface area (Å²) in [6.45, 7) is 8.94. The molecule has 0 bridgehead atoms. The molecule has 1 aliphatic heterocycles. The average molecular weight is 218 g/mol. The maximum Gasteiger partial charge on any atom is 0.147 e. The molecule has 15 heavy (non-hydrogen) atoms. The van der Waals surface area contributed by atoms with Gasteiger partial charge in [-0.1, -0.05) is 20.8 Å². The highest BCUT2D eigenvalue weighted by molar-refractivity contribution is 5.50. The Hall–Kier alpha value is -0.450. The van der Waals surface area contributed by atoms with Crippen molar-refractivity contribution in [3.8, 4) is 0 Å². The summed E-state index contributed by atoms with van der Waals surface area (Å²) in [5, 5.41) is 0. The molecule has 1 rings (SSSR count). The lowest BCUT2D eigenvalue weighted by Gasteiger charge is -2.26. The summed E-state index contributed by atoms with van der Waals surface area (Å²) in [5.41, 5.74) is 0. The summed E-state index contributed by atoms with van der Waals surface area (Å²) in [5.74, 6) is 5.39. The average Bonchev–Trinajstić information content (AvgIpc) is 2.27. The molecule has 0 unspecified atom stereocenters. The molecule has 1 saturated heterocycles. The van der Waals surface area contributed by atoms with Crippen LogP contribution in [0.1, 0.15) is 33.6 Å². The molecule has 0 aromatic carbocycles. The van der Waals surface area contributed by atoms with Gasteiger partial charge < -0.3 is 9.69 Å². The SMILES string of the molecule is CC.CC1CCN(C)CC1.NOCC=O. The Morgan fingerprint density at radius 2 is 1.87 bits per heavy atom. The molecule has 0 atom stereocenters. The first-order valence-electron chi connectivity index (χ1n) is 5.64. The third kappa shape index (κ3) is 13.6. The largest absolute Gasteiger partial charge is 0.306 e. The standard InChI is InChI=1S/C7H15N.C2H5NO2.C2H6/c1-7-3-5-8(2)6-4-7;3-5-2-1-4;1-2/h7H,3-6H2,1-2H3;1H,2-3H2;1-2H3. The Morgan fingerprint density at radius 1 is 1.40 bits per heavy atom. The molecule has 1 fully saturated rings. The summed E-state index contributed by atoms with van der Waals surface area (Å²) in [6, 6.07) is 0. The van der Waals surface area contributed by atoms with Crippen LogP contribution in [0, 0.1) is 5.92 Å². The minimum absolute atomic E-state index is 0.0139. The lowest BCUT2D eigenvalue weighted by Crippen LogP contribution is -2.28. The molecule has 0 aromatic rings. The maximum atomic E-state index is 9.20. The van der Waals surface area contributed by atoms with Crippen molar-refractivity contribution in [3.05, 3.63) is 0 Å². The molecule has 0 amide bonds. The van der Waals surface area contributed by atoms with Crippen LogP contribution >= 0.6 is 0 Å². The normalized spacial score (nSPS) is 16.9. The molecule has 0 aliphatic carbocycles. The van der Waals surface area contributed by atoms with E-state index in [2.05, 4.69) is 29.6 Å². The Kier molecular flexibility index (Phi) is 15.3. The van der Waals surface area contributed by atoms with Crippen LogP contribution in [0.4, 0.5) is 0 Å². The maximum absolute atomic E-state index is 9.20. The van der Waals surface area contributed by atoms with Gasteiger partial charge in [0.25, 0.3) is 0 Å². The zero-order valence-electron chi connectivity index (χ0n) is 10.5. The van der Waals surface area contributed by atoms with Crippen molar-refractivity contribution < 1.29 is 9.63 Å². The fourth-order valence-corrected chi connectivity index (χ4v) is 1.18. The topological polar surface area (TPSA) is 55.6 Å². The van der Waals surface area contributed by atoms with Gasteiger partial charge >= 0.3 is 0 Å². The number of carbonyl (C=O) groups is 1. The number of rotatable bonds is 2. The molecule has 2 N–H and O–H groups in total. The number of hydrogen-bond acceptors (Lipinski definition) is 4. The van der Waals surface area contributed by atoms with Crippen LogP contribution in [0.5, 0.6) is 0 Å². The number of piperidine rings is 1. The summed E-state index contributed by atoms with van der Waals surface area (Å²) in [4.78, 5) is 15.4. The van der Waals surface area contributed by atoms with Gasteiger partial charge in [0.05, 0.1) is 0 Å². The number of hydrogen-bond donors (Lipinski definition) is 1. The molecule has 92 valence electrons. The molecule has 4 nitrogen and oxygen atoms in total. The van der Waals surface area contributed by atoms with E-state index < -0.39 is 0 Å². The minimum Gasteiger partial charge on any atom is -0.306 e. The smallest absolute Gasteiger partial charge is 0.147 e. The van der Waals surface area contributed by atoms with Gasteiger partial charge in [-0.3, -0.25) is 4.84 Å². The Bertz CT molecular complexity index is 114. The molecule has 1 aliphatic rings. The number of likely N-dealkylation sites (tertiary alicyclic amines) is 1. The van der Waals surface area contributed by atoms with Gasteiger partial charge in [0, 0.05) is 0 Å². The molecular weight excluding hydrogens is 192 g/mol. The first-order valence-corrected chi connectivity index (χ1v) is 5.64. The highest BCUT2D eigenvalue weighted by Gasteiger charge is 2.10. The predicted molar refractivity (Wildman–Crippen MR) is 63.4 cm³/mol. The first-order chi connectivity index (χ1) is 7.20. The third-order valence-electron chi connectivity index (χ3n) is 2.17.